The number of hydrogen-bond donors (Lipinski definition) is 3. The Bertz CT molecular complexity index is 1440. The predicted octanol–water partition coefficient (Wildman–Crippen LogP) is -0.0227. The summed E-state index contributed by atoms with van der Waals surface area (Å²) in [6.45, 7) is 1.46. The van der Waals surface area contributed by atoms with Crippen molar-refractivity contribution in [2.45, 2.75) is 32.0 Å². The monoisotopic (exact) mass is 402 g/mol. The van der Waals surface area contributed by atoms with Gasteiger partial charge in [0.2, 0.25) is 11.8 Å². The van der Waals surface area contributed by atoms with E-state index >= 15 is 0 Å². The SMILES string of the molecule is O=c1[nH]c(O)c(C=c2cnn3c(=NC4CC4)nc(N4Cc5ccccc5C4)nc23)[nH]1. The molecule has 4 heterocycles. The predicted molar refractivity (Wildman–Crippen MR) is 108 cm³/mol. The Kier molecular flexibility index (Phi) is 3.55. The molecule has 0 atom stereocenters. The summed E-state index contributed by atoms with van der Waals surface area (Å²) < 4.78 is 1.61. The van der Waals surface area contributed by atoms with Crippen molar-refractivity contribution in [1.29, 1.82) is 0 Å². The lowest BCUT2D eigenvalue weighted by atomic mass is 10.1. The number of nitrogens with one attached hydrogen (secondary N) is 2. The summed E-state index contributed by atoms with van der Waals surface area (Å²) in [6, 6.07) is 8.58. The van der Waals surface area contributed by atoms with E-state index in [9.17, 15) is 9.90 Å². The molecule has 0 amide bonds. The lowest BCUT2D eigenvalue weighted by molar-refractivity contribution is 0.454. The summed E-state index contributed by atoms with van der Waals surface area (Å²) in [7, 11) is 0. The number of aromatic nitrogens is 6. The van der Waals surface area contributed by atoms with Crippen molar-refractivity contribution in [2.75, 3.05) is 4.90 Å². The zero-order chi connectivity index (χ0) is 20.2. The smallest absolute Gasteiger partial charge is 0.326 e. The van der Waals surface area contributed by atoms with Crippen molar-refractivity contribution < 1.29 is 5.11 Å². The molecule has 10 heteroatoms. The van der Waals surface area contributed by atoms with Gasteiger partial charge in [0.25, 0.3) is 5.62 Å². The van der Waals surface area contributed by atoms with Crippen LogP contribution in [-0.4, -0.2) is 40.7 Å². The zero-order valence-corrected chi connectivity index (χ0v) is 15.9. The number of aromatic hydroxyl groups is 1. The molecule has 0 unspecified atom stereocenters. The molecule has 2 aliphatic rings. The standard InChI is InChI=1S/C20H18N8O2/c29-17-15(23-20(30)25-17)7-13-8-21-28-16(13)24-18(26-19(28)22-14-5-6-14)27-9-11-3-1-2-4-12(11)10-27/h1-4,7-8,14,29H,5-6,9-10H2,(H2,23,25,30). The minimum absolute atomic E-state index is 0.230. The van der Waals surface area contributed by atoms with Gasteiger partial charge >= 0.3 is 5.69 Å². The second kappa shape index (κ2) is 6.28. The number of aromatic amines is 2. The second-order valence-corrected chi connectivity index (χ2v) is 7.63. The molecule has 3 N–H and O–H groups in total. The van der Waals surface area contributed by atoms with Gasteiger partial charge in [-0.15, -0.1) is 0 Å². The molecular weight excluding hydrogens is 384 g/mol. The number of hydrogen-bond acceptors (Lipinski definition) is 7. The average Bonchev–Trinajstić information content (AvgIpc) is 3.16. The first-order valence-corrected chi connectivity index (χ1v) is 9.78. The van der Waals surface area contributed by atoms with Crippen LogP contribution in [0.5, 0.6) is 5.88 Å². The molecule has 1 aliphatic heterocycles. The summed E-state index contributed by atoms with van der Waals surface area (Å²) in [5, 5.41) is 15.0. The maximum absolute atomic E-state index is 11.5. The van der Waals surface area contributed by atoms with Crippen molar-refractivity contribution >= 4 is 17.7 Å². The minimum Gasteiger partial charge on any atom is -0.493 e. The van der Waals surface area contributed by atoms with E-state index in [0.717, 1.165) is 25.9 Å². The number of nitrogens with zero attached hydrogens (tertiary/aromatic N) is 6. The van der Waals surface area contributed by atoms with Crippen molar-refractivity contribution in [1.82, 2.24) is 29.5 Å². The molecule has 6 rings (SSSR count). The zero-order valence-electron chi connectivity index (χ0n) is 15.9. The number of fused-ring (bicyclic) bond motifs is 2. The highest BCUT2D eigenvalue weighted by Gasteiger charge is 2.24. The Hall–Kier alpha value is -3.95. The number of anilines is 1. The highest BCUT2D eigenvalue weighted by Crippen LogP contribution is 2.25. The van der Waals surface area contributed by atoms with Crippen molar-refractivity contribution in [3.63, 3.8) is 0 Å². The fraction of sp³-hybridized carbons (Fsp3) is 0.250. The third kappa shape index (κ3) is 2.84. The van der Waals surface area contributed by atoms with Gasteiger partial charge in [0, 0.05) is 18.3 Å². The highest BCUT2D eigenvalue weighted by atomic mass is 16.3. The van der Waals surface area contributed by atoms with Crippen LogP contribution < -0.4 is 21.4 Å². The third-order valence-corrected chi connectivity index (χ3v) is 5.37. The fourth-order valence-electron chi connectivity index (χ4n) is 3.69. The molecule has 1 fully saturated rings. The van der Waals surface area contributed by atoms with E-state index in [1.54, 1.807) is 16.8 Å². The normalized spacial score (nSPS) is 17.3. The molecule has 1 saturated carbocycles. The molecule has 0 radical (unpaired) electrons. The fourth-order valence-corrected chi connectivity index (χ4v) is 3.69. The summed E-state index contributed by atoms with van der Waals surface area (Å²) in [5.74, 6) is 0.353. The van der Waals surface area contributed by atoms with Crippen LogP contribution >= 0.6 is 0 Å². The number of imidazole rings is 1. The van der Waals surface area contributed by atoms with E-state index in [-0.39, 0.29) is 17.6 Å². The van der Waals surface area contributed by atoms with Gasteiger partial charge in [0.05, 0.1) is 12.2 Å². The van der Waals surface area contributed by atoms with Crippen LogP contribution in [0.3, 0.4) is 0 Å². The molecule has 4 aromatic rings. The number of rotatable bonds is 3. The van der Waals surface area contributed by atoms with Crippen LogP contribution in [0.15, 0.2) is 40.2 Å². The Balaban J connectivity index is 1.53. The average molecular weight is 402 g/mol. The molecule has 1 aromatic carbocycles. The van der Waals surface area contributed by atoms with Gasteiger partial charge in [-0.1, -0.05) is 24.3 Å². The van der Waals surface area contributed by atoms with E-state index in [0.29, 0.717) is 22.4 Å². The van der Waals surface area contributed by atoms with Gasteiger partial charge in [-0.3, -0.25) is 4.98 Å². The first-order chi connectivity index (χ1) is 14.6. The molecule has 0 spiro atoms. The number of H-pyrrole nitrogens is 2. The lowest BCUT2D eigenvalue weighted by Gasteiger charge is -2.15. The van der Waals surface area contributed by atoms with Gasteiger partial charge < -0.3 is 15.0 Å². The highest BCUT2D eigenvalue weighted by molar-refractivity contribution is 5.57. The molecule has 150 valence electrons. The largest absolute Gasteiger partial charge is 0.493 e. The first kappa shape index (κ1) is 17.0. The van der Waals surface area contributed by atoms with Gasteiger partial charge in [-0.05, 0) is 30.0 Å². The van der Waals surface area contributed by atoms with Crippen LogP contribution in [0, 0.1) is 0 Å². The Morgan fingerprint density at radius 3 is 2.57 bits per heavy atom. The quantitative estimate of drug-likeness (QED) is 0.442. The Morgan fingerprint density at radius 2 is 1.90 bits per heavy atom. The van der Waals surface area contributed by atoms with E-state index in [2.05, 4.69) is 32.1 Å². The van der Waals surface area contributed by atoms with Crippen LogP contribution in [0.2, 0.25) is 0 Å². The van der Waals surface area contributed by atoms with E-state index in [4.69, 9.17) is 15.0 Å². The van der Waals surface area contributed by atoms with Crippen molar-refractivity contribution in [3.05, 3.63) is 68.6 Å². The van der Waals surface area contributed by atoms with Gasteiger partial charge in [0.1, 0.15) is 5.69 Å². The van der Waals surface area contributed by atoms with E-state index in [1.807, 2.05) is 12.1 Å². The first-order valence-electron chi connectivity index (χ1n) is 9.78. The summed E-state index contributed by atoms with van der Waals surface area (Å²) in [5.41, 5.74) is 3.39. The molecule has 0 bridgehead atoms. The van der Waals surface area contributed by atoms with Gasteiger partial charge in [0.15, 0.2) is 5.65 Å². The molecule has 1 aliphatic carbocycles. The van der Waals surface area contributed by atoms with E-state index < -0.39 is 5.69 Å². The molecule has 10 nitrogen and oxygen atoms in total. The topological polar surface area (TPSA) is 128 Å². The number of benzene rings is 1. The van der Waals surface area contributed by atoms with Crippen molar-refractivity contribution in [3.8, 4) is 5.88 Å². The lowest BCUT2D eigenvalue weighted by Crippen LogP contribution is -2.28. The summed E-state index contributed by atoms with van der Waals surface area (Å²) in [6.07, 6.45) is 5.36. The van der Waals surface area contributed by atoms with E-state index in [1.165, 1.54) is 11.1 Å². The van der Waals surface area contributed by atoms with Crippen LogP contribution in [0.25, 0.3) is 11.7 Å². The second-order valence-electron chi connectivity index (χ2n) is 7.63. The van der Waals surface area contributed by atoms with Crippen LogP contribution in [0.4, 0.5) is 5.95 Å². The summed E-state index contributed by atoms with van der Waals surface area (Å²) in [4.78, 5) is 32.6. The molecule has 0 saturated heterocycles. The molecular formula is C20H18N8O2. The minimum atomic E-state index is -0.482. The van der Waals surface area contributed by atoms with Gasteiger partial charge in [-0.2, -0.15) is 19.6 Å². The van der Waals surface area contributed by atoms with Crippen LogP contribution in [-0.2, 0) is 13.1 Å². The molecule has 3 aromatic heterocycles. The van der Waals surface area contributed by atoms with Crippen LogP contribution in [0.1, 0.15) is 29.7 Å². The Morgan fingerprint density at radius 1 is 1.13 bits per heavy atom. The van der Waals surface area contributed by atoms with Gasteiger partial charge in [-0.25, -0.2) is 9.79 Å². The maximum Gasteiger partial charge on any atom is 0.326 e. The molecule has 30 heavy (non-hydrogen) atoms. The Labute approximate surface area is 169 Å². The van der Waals surface area contributed by atoms with Crippen molar-refractivity contribution in [2.24, 2.45) is 4.99 Å². The third-order valence-electron chi connectivity index (χ3n) is 5.37. The maximum atomic E-state index is 11.5. The summed E-state index contributed by atoms with van der Waals surface area (Å²) >= 11 is 0.